The average Bonchev–Trinajstić information content (AvgIpc) is 2.24. The smallest absolute Gasteiger partial charge is 0.330 e. The van der Waals surface area contributed by atoms with Crippen LogP contribution in [0, 0.1) is 0 Å². The van der Waals surface area contributed by atoms with Gasteiger partial charge in [-0.3, -0.25) is 0 Å². The van der Waals surface area contributed by atoms with Gasteiger partial charge in [0.15, 0.2) is 6.04 Å². The topological polar surface area (TPSA) is 125 Å². The number of hydrogen-bond acceptors (Lipinski definition) is 7. The summed E-state index contributed by atoms with van der Waals surface area (Å²) in [5.41, 5.74) is 5.25. The van der Waals surface area contributed by atoms with Gasteiger partial charge >= 0.3 is 5.97 Å². The summed E-state index contributed by atoms with van der Waals surface area (Å²) in [6.07, 6.45) is 3.56. The third-order valence-corrected chi connectivity index (χ3v) is 1.78. The standard InChI is InChI=1S/C8H12N4O4/c9-4-2-1-3-7(8(15)16)12(10-5-13)11-6-14/h7H,1-4,9H2,(H,15,16). The van der Waals surface area contributed by atoms with Crippen molar-refractivity contribution in [2.45, 2.75) is 25.3 Å². The lowest BCUT2D eigenvalue weighted by molar-refractivity contribution is -0.143. The molecule has 0 aliphatic rings. The Kier molecular flexibility index (Phi) is 7.27. The van der Waals surface area contributed by atoms with E-state index in [1.807, 2.05) is 0 Å². The first-order valence-electron chi connectivity index (χ1n) is 4.55. The van der Waals surface area contributed by atoms with E-state index in [0.29, 0.717) is 24.5 Å². The molecule has 0 aromatic heterocycles. The number of carbonyl (C=O) groups is 1. The lowest BCUT2D eigenvalue weighted by Crippen LogP contribution is -2.34. The highest BCUT2D eigenvalue weighted by Gasteiger charge is 2.24. The first-order valence-corrected chi connectivity index (χ1v) is 4.55. The van der Waals surface area contributed by atoms with Crippen molar-refractivity contribution in [2.75, 3.05) is 6.54 Å². The Bertz CT molecular complexity index is 302. The molecule has 0 saturated carbocycles. The van der Waals surface area contributed by atoms with Gasteiger partial charge < -0.3 is 10.8 Å². The van der Waals surface area contributed by atoms with Gasteiger partial charge in [-0.2, -0.15) is 0 Å². The maximum absolute atomic E-state index is 10.8. The van der Waals surface area contributed by atoms with Gasteiger partial charge in [-0.25, -0.2) is 14.4 Å². The van der Waals surface area contributed by atoms with Gasteiger partial charge in [-0.05, 0) is 25.8 Å². The van der Waals surface area contributed by atoms with Crippen molar-refractivity contribution in [3.63, 3.8) is 0 Å². The van der Waals surface area contributed by atoms with Crippen molar-refractivity contribution in [1.82, 2.24) is 5.12 Å². The number of rotatable bonds is 8. The summed E-state index contributed by atoms with van der Waals surface area (Å²) in [5, 5.41) is 15.3. The van der Waals surface area contributed by atoms with E-state index in [-0.39, 0.29) is 6.42 Å². The average molecular weight is 228 g/mol. The number of nitrogens with two attached hydrogens (primary N) is 1. The normalized spacial score (nSPS) is 10.8. The second-order valence-electron chi connectivity index (χ2n) is 2.84. The molecule has 0 spiro atoms. The molecule has 8 nitrogen and oxygen atoms in total. The highest BCUT2D eigenvalue weighted by atomic mass is 16.4. The highest BCUT2D eigenvalue weighted by Crippen LogP contribution is 2.09. The fourth-order valence-electron chi connectivity index (χ4n) is 1.07. The molecule has 1 unspecified atom stereocenters. The van der Waals surface area contributed by atoms with Crippen LogP contribution in [0.1, 0.15) is 19.3 Å². The summed E-state index contributed by atoms with van der Waals surface area (Å²) in [5.74, 6) is -1.24. The fourth-order valence-corrected chi connectivity index (χ4v) is 1.07. The second kappa shape index (κ2) is 8.31. The zero-order valence-corrected chi connectivity index (χ0v) is 8.50. The Morgan fingerprint density at radius 1 is 1.31 bits per heavy atom. The van der Waals surface area contributed by atoms with E-state index in [1.165, 1.54) is 0 Å². The molecule has 0 amide bonds. The molecule has 16 heavy (non-hydrogen) atoms. The number of carboxylic acids is 1. The molecule has 88 valence electrons. The maximum Gasteiger partial charge on any atom is 0.330 e. The van der Waals surface area contributed by atoms with Gasteiger partial charge in [0.25, 0.3) is 12.2 Å². The van der Waals surface area contributed by atoms with Gasteiger partial charge in [-0.1, -0.05) is 10.2 Å². The molecule has 1 atom stereocenters. The number of hydrogen-bond donors (Lipinski definition) is 2. The van der Waals surface area contributed by atoms with Crippen LogP contribution >= 0.6 is 0 Å². The van der Waals surface area contributed by atoms with Crippen LogP contribution < -0.4 is 5.73 Å². The molecule has 0 bridgehead atoms. The quantitative estimate of drug-likeness (QED) is 0.246. The zero-order chi connectivity index (χ0) is 12.4. The third-order valence-electron chi connectivity index (χ3n) is 1.78. The minimum absolute atomic E-state index is 0.170. The number of carbonyl (C=O) groups excluding carboxylic acids is 2. The van der Waals surface area contributed by atoms with Crippen molar-refractivity contribution >= 4 is 18.1 Å². The Morgan fingerprint density at radius 2 is 1.88 bits per heavy atom. The lowest BCUT2D eigenvalue weighted by atomic mass is 10.1. The van der Waals surface area contributed by atoms with Crippen LogP contribution in [0.5, 0.6) is 0 Å². The molecule has 3 N–H and O–H groups in total. The van der Waals surface area contributed by atoms with Crippen LogP contribution in [0.15, 0.2) is 10.2 Å². The molecule has 0 fully saturated rings. The summed E-state index contributed by atoms with van der Waals surface area (Å²) in [7, 11) is 0. The zero-order valence-electron chi connectivity index (χ0n) is 8.50. The van der Waals surface area contributed by atoms with Crippen LogP contribution in [-0.4, -0.2) is 40.9 Å². The Hall–Kier alpha value is -2.01. The second-order valence-corrected chi connectivity index (χ2v) is 2.84. The summed E-state index contributed by atoms with van der Waals surface area (Å²) in [4.78, 5) is 30.9. The van der Waals surface area contributed by atoms with E-state index in [9.17, 15) is 14.4 Å². The Labute approximate surface area is 91.4 Å². The van der Waals surface area contributed by atoms with E-state index in [4.69, 9.17) is 10.8 Å². The third kappa shape index (κ3) is 5.02. The SMILES string of the molecule is NCCCCC(C(=O)O)N(N=C=O)N=C=O. The molecule has 0 aliphatic carbocycles. The van der Waals surface area contributed by atoms with Crippen LogP contribution in [0.2, 0.25) is 0 Å². The van der Waals surface area contributed by atoms with Crippen molar-refractivity contribution < 1.29 is 19.5 Å². The monoisotopic (exact) mass is 228 g/mol. The number of isocyanates is 2. The van der Waals surface area contributed by atoms with E-state index in [1.54, 1.807) is 0 Å². The van der Waals surface area contributed by atoms with E-state index in [0.717, 1.165) is 12.2 Å². The van der Waals surface area contributed by atoms with Crippen LogP contribution in [0.25, 0.3) is 0 Å². The van der Waals surface area contributed by atoms with Gasteiger partial charge in [0.1, 0.15) is 0 Å². The molecule has 0 heterocycles. The summed E-state index contributed by atoms with van der Waals surface area (Å²) in [6.45, 7) is 0.431. The molecule has 0 aromatic rings. The molecular weight excluding hydrogens is 216 g/mol. The van der Waals surface area contributed by atoms with Crippen LogP contribution in [0.3, 0.4) is 0 Å². The van der Waals surface area contributed by atoms with Crippen molar-refractivity contribution in [1.29, 1.82) is 0 Å². The molecule has 8 heteroatoms. The predicted octanol–water partition coefficient (Wildman–Crippen LogP) is -0.628. The number of hydrazone groups is 2. The van der Waals surface area contributed by atoms with Crippen molar-refractivity contribution in [3.05, 3.63) is 0 Å². The lowest BCUT2D eigenvalue weighted by Gasteiger charge is -2.17. The molecular formula is C8H12N4O4. The van der Waals surface area contributed by atoms with Crippen molar-refractivity contribution in [3.8, 4) is 0 Å². The Balaban J connectivity index is 4.63. The number of aliphatic carboxylic acids is 1. The van der Waals surface area contributed by atoms with E-state index in [2.05, 4.69) is 10.2 Å². The van der Waals surface area contributed by atoms with Crippen LogP contribution in [-0.2, 0) is 14.4 Å². The first kappa shape index (κ1) is 14.0. The number of carboxylic acid groups (broad SMARTS) is 1. The van der Waals surface area contributed by atoms with E-state index < -0.39 is 12.0 Å². The fraction of sp³-hybridized carbons (Fsp3) is 0.625. The summed E-state index contributed by atoms with van der Waals surface area (Å²) < 4.78 is 0. The summed E-state index contributed by atoms with van der Waals surface area (Å²) >= 11 is 0. The molecule has 0 aliphatic heterocycles. The largest absolute Gasteiger partial charge is 0.480 e. The van der Waals surface area contributed by atoms with E-state index >= 15 is 0 Å². The predicted molar refractivity (Wildman–Crippen MR) is 52.4 cm³/mol. The number of unbranched alkanes of at least 4 members (excludes halogenated alkanes) is 1. The molecule has 0 saturated heterocycles. The molecule has 0 radical (unpaired) electrons. The number of nitrogens with zero attached hydrogens (tertiary/aromatic N) is 3. The maximum atomic E-state index is 10.8. The minimum atomic E-state index is -1.24. The van der Waals surface area contributed by atoms with Gasteiger partial charge in [0.2, 0.25) is 0 Å². The molecule has 0 rings (SSSR count). The summed E-state index contributed by atoms with van der Waals surface area (Å²) in [6, 6.07) is -1.19. The Morgan fingerprint density at radius 3 is 2.25 bits per heavy atom. The van der Waals surface area contributed by atoms with Gasteiger partial charge in [-0.15, -0.1) is 5.12 Å². The minimum Gasteiger partial charge on any atom is -0.480 e. The highest BCUT2D eigenvalue weighted by molar-refractivity contribution is 5.73. The first-order chi connectivity index (χ1) is 7.67. The van der Waals surface area contributed by atoms with Gasteiger partial charge in [0.05, 0.1) is 0 Å². The molecule has 0 aromatic carbocycles. The van der Waals surface area contributed by atoms with Gasteiger partial charge in [0, 0.05) is 0 Å². The van der Waals surface area contributed by atoms with Crippen molar-refractivity contribution in [2.24, 2.45) is 15.9 Å². The van der Waals surface area contributed by atoms with Crippen LogP contribution in [0.4, 0.5) is 0 Å².